The van der Waals surface area contributed by atoms with Crippen molar-refractivity contribution in [2.24, 2.45) is 0 Å². The maximum Gasteiger partial charge on any atom is 0.344 e. The van der Waals surface area contributed by atoms with Gasteiger partial charge in [0.2, 0.25) is 5.91 Å². The Hall–Kier alpha value is -3.60. The Bertz CT molecular complexity index is 1330. The van der Waals surface area contributed by atoms with Gasteiger partial charge in [0.25, 0.3) is 0 Å². The third-order valence-corrected chi connectivity index (χ3v) is 5.23. The van der Waals surface area contributed by atoms with Crippen LogP contribution in [0, 0.1) is 0 Å². The van der Waals surface area contributed by atoms with E-state index in [1.54, 1.807) is 18.2 Å². The molecule has 4 rings (SSSR count). The summed E-state index contributed by atoms with van der Waals surface area (Å²) in [6.07, 6.45) is 0. The zero-order valence-corrected chi connectivity index (χ0v) is 18.1. The zero-order chi connectivity index (χ0) is 22.2. The summed E-state index contributed by atoms with van der Waals surface area (Å²) in [6.45, 7) is 8.41. The van der Waals surface area contributed by atoms with Gasteiger partial charge in [0, 0.05) is 29.4 Å². The molecule has 1 heterocycles. The van der Waals surface area contributed by atoms with Crippen LogP contribution in [-0.4, -0.2) is 5.91 Å². The lowest BCUT2D eigenvalue weighted by Crippen LogP contribution is -2.10. The van der Waals surface area contributed by atoms with E-state index in [0.717, 1.165) is 16.3 Å². The molecule has 158 valence electrons. The molecule has 0 bridgehead atoms. The Kier molecular flexibility index (Phi) is 5.27. The summed E-state index contributed by atoms with van der Waals surface area (Å²) in [4.78, 5) is 23.8. The number of hydrogen-bond donors (Lipinski definition) is 1. The number of amides is 1. The quantitative estimate of drug-likeness (QED) is 0.339. The maximum absolute atomic E-state index is 12.5. The van der Waals surface area contributed by atoms with Crippen LogP contribution in [0.4, 0.5) is 5.69 Å². The second-order valence-electron chi connectivity index (χ2n) is 8.72. The molecule has 1 aromatic heterocycles. The molecule has 0 unspecified atom stereocenters. The van der Waals surface area contributed by atoms with E-state index in [2.05, 4.69) is 50.4 Å². The zero-order valence-electron chi connectivity index (χ0n) is 18.1. The van der Waals surface area contributed by atoms with Gasteiger partial charge in [-0.1, -0.05) is 51.1 Å². The smallest absolute Gasteiger partial charge is 0.344 e. The van der Waals surface area contributed by atoms with Gasteiger partial charge in [0.05, 0.1) is 5.39 Å². The Morgan fingerprint density at radius 1 is 0.935 bits per heavy atom. The van der Waals surface area contributed by atoms with E-state index in [0.29, 0.717) is 29.0 Å². The molecule has 1 amide bonds. The third-order valence-electron chi connectivity index (χ3n) is 5.23. The minimum Gasteiger partial charge on any atom is -0.489 e. The molecule has 1 N–H and O–H groups in total. The van der Waals surface area contributed by atoms with Crippen molar-refractivity contribution in [3.63, 3.8) is 0 Å². The van der Waals surface area contributed by atoms with Crippen LogP contribution in [0.15, 0.2) is 69.9 Å². The second kappa shape index (κ2) is 7.91. The molecule has 0 saturated carbocycles. The lowest BCUT2D eigenvalue weighted by atomic mass is 9.87. The molecule has 0 aliphatic heterocycles. The number of benzene rings is 3. The fourth-order valence-corrected chi connectivity index (χ4v) is 3.55. The number of ether oxygens (including phenoxy) is 1. The average Bonchev–Trinajstić information content (AvgIpc) is 2.71. The Morgan fingerprint density at radius 2 is 1.65 bits per heavy atom. The lowest BCUT2D eigenvalue weighted by molar-refractivity contribution is -0.114. The van der Waals surface area contributed by atoms with Crippen molar-refractivity contribution in [1.82, 2.24) is 0 Å². The highest BCUT2D eigenvalue weighted by Crippen LogP contribution is 2.28. The van der Waals surface area contributed by atoms with E-state index in [9.17, 15) is 9.59 Å². The Balaban J connectivity index is 1.60. The molecule has 4 aromatic rings. The van der Waals surface area contributed by atoms with Crippen molar-refractivity contribution in [3.05, 3.63) is 82.2 Å². The van der Waals surface area contributed by atoms with Crippen LogP contribution >= 0.6 is 0 Å². The van der Waals surface area contributed by atoms with Crippen molar-refractivity contribution in [1.29, 1.82) is 0 Å². The summed E-state index contributed by atoms with van der Waals surface area (Å²) in [5.41, 5.74) is 3.02. The first kappa shape index (κ1) is 20.7. The average molecular weight is 415 g/mol. The molecule has 0 spiro atoms. The molecule has 5 heteroatoms. The molecule has 0 aliphatic rings. The molecule has 3 aromatic carbocycles. The first-order valence-corrected chi connectivity index (χ1v) is 10.2. The van der Waals surface area contributed by atoms with Crippen LogP contribution in [-0.2, 0) is 16.8 Å². The summed E-state index contributed by atoms with van der Waals surface area (Å²) in [5.74, 6) is 0.434. The topological polar surface area (TPSA) is 68.5 Å². The fraction of sp³-hybridized carbons (Fsp3) is 0.231. The van der Waals surface area contributed by atoms with Gasteiger partial charge in [0.1, 0.15) is 17.9 Å². The van der Waals surface area contributed by atoms with E-state index in [4.69, 9.17) is 9.15 Å². The second-order valence-corrected chi connectivity index (χ2v) is 8.72. The number of nitrogens with one attached hydrogen (secondary N) is 1. The summed E-state index contributed by atoms with van der Waals surface area (Å²) in [5, 5.41) is 4.69. The predicted octanol–water partition coefficient (Wildman–Crippen LogP) is 5.78. The number of rotatable bonds is 4. The highest BCUT2D eigenvalue weighted by atomic mass is 16.5. The van der Waals surface area contributed by atoms with Gasteiger partial charge in [-0.15, -0.1) is 0 Å². The van der Waals surface area contributed by atoms with Crippen molar-refractivity contribution < 1.29 is 13.9 Å². The first-order chi connectivity index (χ1) is 14.7. The number of fused-ring (bicyclic) bond motifs is 3. The normalized spacial score (nSPS) is 11.6. The predicted molar refractivity (Wildman–Crippen MR) is 124 cm³/mol. The number of carbonyl (C=O) groups is 1. The van der Waals surface area contributed by atoms with Gasteiger partial charge in [-0.3, -0.25) is 4.79 Å². The lowest BCUT2D eigenvalue weighted by Gasteiger charge is -2.19. The van der Waals surface area contributed by atoms with Gasteiger partial charge < -0.3 is 14.5 Å². The fourth-order valence-electron chi connectivity index (χ4n) is 3.55. The Morgan fingerprint density at radius 3 is 2.32 bits per heavy atom. The first-order valence-electron chi connectivity index (χ1n) is 10.2. The van der Waals surface area contributed by atoms with Crippen molar-refractivity contribution in [2.75, 3.05) is 5.32 Å². The van der Waals surface area contributed by atoms with E-state index < -0.39 is 5.63 Å². The van der Waals surface area contributed by atoms with Crippen LogP contribution in [0.3, 0.4) is 0 Å². The Labute approximate surface area is 180 Å². The van der Waals surface area contributed by atoms with Gasteiger partial charge >= 0.3 is 5.63 Å². The monoisotopic (exact) mass is 415 g/mol. The van der Waals surface area contributed by atoms with Crippen LogP contribution in [0.1, 0.15) is 38.8 Å². The molecule has 0 atom stereocenters. The van der Waals surface area contributed by atoms with Crippen LogP contribution < -0.4 is 15.7 Å². The largest absolute Gasteiger partial charge is 0.489 e. The molecule has 0 fully saturated rings. The molecule has 5 nitrogen and oxygen atoms in total. The van der Waals surface area contributed by atoms with Crippen molar-refractivity contribution in [2.45, 2.75) is 39.7 Å². The van der Waals surface area contributed by atoms with Crippen LogP contribution in [0.2, 0.25) is 0 Å². The van der Waals surface area contributed by atoms with Crippen molar-refractivity contribution in [3.8, 4) is 5.75 Å². The van der Waals surface area contributed by atoms with E-state index in [-0.39, 0.29) is 11.3 Å². The SMILES string of the molecule is CC(=O)Nc1ccc2c(c1)c(=O)oc1cc(OCc3ccc(C(C)(C)C)cc3)ccc12. The van der Waals surface area contributed by atoms with Crippen LogP contribution in [0.5, 0.6) is 5.75 Å². The standard InChI is InChI=1S/C26H25NO4/c1-16(28)27-19-9-11-21-22-12-10-20(14-24(22)31-25(29)23(21)13-19)30-15-17-5-7-18(8-6-17)26(2,3)4/h5-14H,15H2,1-4H3,(H,27,28). The van der Waals surface area contributed by atoms with E-state index >= 15 is 0 Å². The molecule has 31 heavy (non-hydrogen) atoms. The van der Waals surface area contributed by atoms with Gasteiger partial charge in [0.15, 0.2) is 0 Å². The molecular weight excluding hydrogens is 390 g/mol. The van der Waals surface area contributed by atoms with Gasteiger partial charge in [-0.25, -0.2) is 4.79 Å². The number of hydrogen-bond acceptors (Lipinski definition) is 4. The minimum absolute atomic E-state index is 0.112. The van der Waals surface area contributed by atoms with Crippen molar-refractivity contribution >= 4 is 33.3 Å². The van der Waals surface area contributed by atoms with E-state index in [1.807, 2.05) is 18.2 Å². The molecular formula is C26H25NO4. The summed E-state index contributed by atoms with van der Waals surface area (Å²) < 4.78 is 11.5. The maximum atomic E-state index is 12.5. The molecule has 0 aliphatic carbocycles. The summed E-state index contributed by atoms with van der Waals surface area (Å²) >= 11 is 0. The third kappa shape index (κ3) is 4.45. The van der Waals surface area contributed by atoms with E-state index in [1.165, 1.54) is 12.5 Å². The summed E-state index contributed by atoms with van der Waals surface area (Å²) in [6, 6.07) is 19.1. The molecule has 0 radical (unpaired) electrons. The summed E-state index contributed by atoms with van der Waals surface area (Å²) in [7, 11) is 0. The van der Waals surface area contributed by atoms with Gasteiger partial charge in [-0.05, 0) is 40.8 Å². The molecule has 0 saturated heterocycles. The number of anilines is 1. The highest BCUT2D eigenvalue weighted by Gasteiger charge is 2.13. The van der Waals surface area contributed by atoms with Gasteiger partial charge in [-0.2, -0.15) is 0 Å². The van der Waals surface area contributed by atoms with Crippen LogP contribution in [0.25, 0.3) is 21.7 Å². The highest BCUT2D eigenvalue weighted by molar-refractivity contribution is 6.06. The number of carbonyl (C=O) groups excluding carboxylic acids is 1. The minimum atomic E-state index is -0.454.